The van der Waals surface area contributed by atoms with Crippen LogP contribution in [0.2, 0.25) is 0 Å². The van der Waals surface area contributed by atoms with Crippen molar-refractivity contribution in [3.05, 3.63) is 54.3 Å². The Morgan fingerprint density at radius 3 is 2.33 bits per heavy atom. The zero-order valence-corrected chi connectivity index (χ0v) is 17.0. The summed E-state index contributed by atoms with van der Waals surface area (Å²) in [5, 5.41) is 3.54. The first kappa shape index (κ1) is 20.3. The van der Waals surface area contributed by atoms with Crippen LogP contribution >= 0.6 is 0 Å². The number of amides is 2. The molecular weight excluding hydrogens is 385 g/mol. The van der Waals surface area contributed by atoms with Gasteiger partial charge < -0.3 is 10.1 Å². The number of nitrogens with zero attached hydrogens (tertiary/aromatic N) is 2. The van der Waals surface area contributed by atoms with E-state index in [4.69, 9.17) is 4.74 Å². The van der Waals surface area contributed by atoms with Crippen LogP contribution in [-0.2, 0) is 9.59 Å². The zero-order chi connectivity index (χ0) is 21.1. The Bertz CT molecular complexity index is 893. The Morgan fingerprint density at radius 2 is 1.70 bits per heavy atom. The van der Waals surface area contributed by atoms with Crippen molar-refractivity contribution in [1.29, 1.82) is 0 Å². The first-order valence-electron chi connectivity index (χ1n) is 10.4. The van der Waals surface area contributed by atoms with E-state index < -0.39 is 11.9 Å². The van der Waals surface area contributed by atoms with Gasteiger partial charge in [-0.2, -0.15) is 0 Å². The number of ether oxygens (including phenoxy) is 1. The number of carbonyl (C=O) groups excluding carboxylic acids is 2. The minimum absolute atomic E-state index is 0.174. The van der Waals surface area contributed by atoms with Gasteiger partial charge in [0.25, 0.3) is 5.91 Å². The fourth-order valence-corrected chi connectivity index (χ4v) is 4.17. The first-order chi connectivity index (χ1) is 14.5. The summed E-state index contributed by atoms with van der Waals surface area (Å²) in [4.78, 5) is 28.7. The minimum Gasteiger partial charge on any atom is -0.494 e. The highest BCUT2D eigenvalue weighted by molar-refractivity contribution is 6.22. The standard InChI is InChI=1S/C23H26FN3O3/c1-2-30-20-9-5-17(6-10-20)25-18-11-13-26(14-12-18)21-15-22(28)27(23(21)29)19-7-3-16(24)4-8-19/h3-10,18,21,25H,2,11-15H2,1H3. The lowest BCUT2D eigenvalue weighted by Crippen LogP contribution is -2.48. The number of nitrogens with one attached hydrogen (secondary N) is 1. The highest BCUT2D eigenvalue weighted by atomic mass is 19.1. The highest BCUT2D eigenvalue weighted by Crippen LogP contribution is 2.28. The fourth-order valence-electron chi connectivity index (χ4n) is 4.17. The van der Waals surface area contributed by atoms with Crippen molar-refractivity contribution in [3.63, 3.8) is 0 Å². The number of likely N-dealkylation sites (tertiary alicyclic amines) is 1. The van der Waals surface area contributed by atoms with Crippen LogP contribution < -0.4 is 15.0 Å². The van der Waals surface area contributed by atoms with Gasteiger partial charge >= 0.3 is 0 Å². The molecular formula is C23H26FN3O3. The van der Waals surface area contributed by atoms with Crippen molar-refractivity contribution in [3.8, 4) is 5.75 Å². The monoisotopic (exact) mass is 411 g/mol. The molecule has 4 rings (SSSR count). The van der Waals surface area contributed by atoms with Gasteiger partial charge in [-0.3, -0.25) is 14.5 Å². The van der Waals surface area contributed by atoms with Crippen molar-refractivity contribution in [2.24, 2.45) is 0 Å². The quantitative estimate of drug-likeness (QED) is 0.738. The molecule has 6 nitrogen and oxygen atoms in total. The third-order valence-corrected chi connectivity index (χ3v) is 5.71. The average Bonchev–Trinajstić information content (AvgIpc) is 3.05. The molecule has 1 N–H and O–H groups in total. The van der Waals surface area contributed by atoms with Gasteiger partial charge in [0, 0.05) is 24.8 Å². The number of carbonyl (C=O) groups is 2. The molecule has 2 aliphatic rings. The molecule has 7 heteroatoms. The second-order valence-corrected chi connectivity index (χ2v) is 7.68. The lowest BCUT2D eigenvalue weighted by Gasteiger charge is -2.35. The maximum absolute atomic E-state index is 13.2. The predicted molar refractivity (Wildman–Crippen MR) is 113 cm³/mol. The number of benzene rings is 2. The number of rotatable bonds is 6. The van der Waals surface area contributed by atoms with E-state index in [2.05, 4.69) is 10.2 Å². The molecule has 2 fully saturated rings. The third-order valence-electron chi connectivity index (χ3n) is 5.71. The molecule has 1 unspecified atom stereocenters. The van der Waals surface area contributed by atoms with Crippen LogP contribution in [0.4, 0.5) is 15.8 Å². The Balaban J connectivity index is 1.33. The molecule has 158 valence electrons. The van der Waals surface area contributed by atoms with Crippen molar-refractivity contribution in [1.82, 2.24) is 4.90 Å². The summed E-state index contributed by atoms with van der Waals surface area (Å²) in [6, 6.07) is 13.3. The van der Waals surface area contributed by atoms with Crippen LogP contribution in [0.15, 0.2) is 48.5 Å². The van der Waals surface area contributed by atoms with E-state index in [0.29, 0.717) is 18.3 Å². The number of halogens is 1. The van der Waals surface area contributed by atoms with E-state index in [9.17, 15) is 14.0 Å². The number of imide groups is 1. The van der Waals surface area contributed by atoms with Gasteiger partial charge in [0.1, 0.15) is 11.6 Å². The zero-order valence-electron chi connectivity index (χ0n) is 17.0. The van der Waals surface area contributed by atoms with Crippen LogP contribution in [0.5, 0.6) is 5.75 Å². The molecule has 0 bridgehead atoms. The van der Waals surface area contributed by atoms with Gasteiger partial charge in [-0.25, -0.2) is 9.29 Å². The van der Waals surface area contributed by atoms with Crippen molar-refractivity contribution in [2.75, 3.05) is 29.9 Å². The molecule has 2 amide bonds. The lowest BCUT2D eigenvalue weighted by atomic mass is 10.0. The summed E-state index contributed by atoms with van der Waals surface area (Å²) < 4.78 is 18.6. The van der Waals surface area contributed by atoms with Crippen molar-refractivity contribution < 1.29 is 18.7 Å². The summed E-state index contributed by atoms with van der Waals surface area (Å²) in [6.45, 7) is 4.10. The molecule has 2 aromatic rings. The van der Waals surface area contributed by atoms with Crippen LogP contribution in [0, 0.1) is 5.82 Å². The van der Waals surface area contributed by atoms with Gasteiger partial charge in [0.15, 0.2) is 0 Å². The molecule has 2 saturated heterocycles. The average molecular weight is 411 g/mol. The largest absolute Gasteiger partial charge is 0.494 e. The predicted octanol–water partition coefficient (Wildman–Crippen LogP) is 3.43. The molecule has 0 saturated carbocycles. The fraction of sp³-hybridized carbons (Fsp3) is 0.391. The second kappa shape index (κ2) is 8.83. The van der Waals surface area contributed by atoms with E-state index in [1.54, 1.807) is 0 Å². The topological polar surface area (TPSA) is 61.9 Å². The molecule has 0 radical (unpaired) electrons. The van der Waals surface area contributed by atoms with Crippen LogP contribution in [0.25, 0.3) is 0 Å². The first-order valence-corrected chi connectivity index (χ1v) is 10.4. The van der Waals surface area contributed by atoms with Crippen molar-refractivity contribution >= 4 is 23.2 Å². The maximum Gasteiger partial charge on any atom is 0.251 e. The Labute approximate surface area is 175 Å². The molecule has 0 aromatic heterocycles. The number of anilines is 2. The van der Waals surface area contributed by atoms with Crippen LogP contribution in [-0.4, -0.2) is 48.5 Å². The summed E-state index contributed by atoms with van der Waals surface area (Å²) in [5.74, 6) is 0.0141. The molecule has 2 aliphatic heterocycles. The van der Waals surface area contributed by atoms with Crippen LogP contribution in [0.1, 0.15) is 26.2 Å². The Morgan fingerprint density at radius 1 is 1.03 bits per heavy atom. The highest BCUT2D eigenvalue weighted by Gasteiger charge is 2.43. The van der Waals surface area contributed by atoms with E-state index in [0.717, 1.165) is 37.4 Å². The maximum atomic E-state index is 13.2. The SMILES string of the molecule is CCOc1ccc(NC2CCN(C3CC(=O)N(c4ccc(F)cc4)C3=O)CC2)cc1. The molecule has 30 heavy (non-hydrogen) atoms. The van der Waals surface area contributed by atoms with Gasteiger partial charge in [0.05, 0.1) is 24.8 Å². The molecule has 2 aromatic carbocycles. The summed E-state index contributed by atoms with van der Waals surface area (Å²) in [6.07, 6.45) is 1.96. The summed E-state index contributed by atoms with van der Waals surface area (Å²) >= 11 is 0. The second-order valence-electron chi connectivity index (χ2n) is 7.68. The number of hydrogen-bond donors (Lipinski definition) is 1. The van der Waals surface area contributed by atoms with Gasteiger partial charge in [-0.1, -0.05) is 0 Å². The number of hydrogen-bond acceptors (Lipinski definition) is 5. The van der Waals surface area contributed by atoms with Crippen LogP contribution in [0.3, 0.4) is 0 Å². The Kier molecular flexibility index (Phi) is 5.99. The lowest BCUT2D eigenvalue weighted by molar-refractivity contribution is -0.123. The normalized spacial score (nSPS) is 20.6. The smallest absolute Gasteiger partial charge is 0.251 e. The van der Waals surface area contributed by atoms with Gasteiger partial charge in [0.2, 0.25) is 5.91 Å². The Hall–Kier alpha value is -2.93. The third kappa shape index (κ3) is 4.31. The minimum atomic E-state index is -0.436. The number of piperidine rings is 1. The van der Waals surface area contributed by atoms with E-state index >= 15 is 0 Å². The van der Waals surface area contributed by atoms with Gasteiger partial charge in [-0.05, 0) is 68.3 Å². The molecule has 2 heterocycles. The van der Waals surface area contributed by atoms with E-state index in [-0.39, 0.29) is 18.2 Å². The summed E-state index contributed by atoms with van der Waals surface area (Å²) in [7, 11) is 0. The molecule has 0 spiro atoms. The van der Waals surface area contributed by atoms with E-state index in [1.165, 1.54) is 29.2 Å². The summed E-state index contributed by atoms with van der Waals surface area (Å²) in [5.41, 5.74) is 1.48. The molecule has 0 aliphatic carbocycles. The van der Waals surface area contributed by atoms with Crippen molar-refractivity contribution in [2.45, 2.75) is 38.3 Å². The van der Waals surface area contributed by atoms with E-state index in [1.807, 2.05) is 31.2 Å². The molecule has 1 atom stereocenters. The van der Waals surface area contributed by atoms with Gasteiger partial charge in [-0.15, -0.1) is 0 Å².